The Hall–Kier alpha value is -2.20. The molecule has 10 heteroatoms. The number of carbonyl (C=O) groups excluding carboxylic acids is 3. The van der Waals surface area contributed by atoms with Crippen molar-refractivity contribution in [3.05, 3.63) is 0 Å². The fraction of sp³-hybridized carbons (Fsp3) is 0.879. The standard InChI is InChI=1S/C33H62N2O8/c1-11-18-34(23-30(39)42-32(5,6)7)20-21-35(24-31(40)43-33(8,9)10)19-17-27(22-28(36)37)15-13-12-14-16-29(38)41-26(4)25(2)3/h25-27H,11-24H2,1-10H3,(H,36,37). The molecular formula is C33H62N2O8. The lowest BCUT2D eigenvalue weighted by atomic mass is 9.94. The van der Waals surface area contributed by atoms with E-state index in [-0.39, 0.29) is 55.4 Å². The molecule has 0 spiro atoms. The first kappa shape index (κ1) is 40.8. The predicted octanol–water partition coefficient (Wildman–Crippen LogP) is 5.70. The minimum atomic E-state index is -0.846. The third-order valence-corrected chi connectivity index (χ3v) is 6.88. The monoisotopic (exact) mass is 614 g/mol. The second kappa shape index (κ2) is 20.7. The van der Waals surface area contributed by atoms with Gasteiger partial charge in [-0.2, -0.15) is 0 Å². The molecule has 0 aromatic carbocycles. The molecular weight excluding hydrogens is 552 g/mol. The van der Waals surface area contributed by atoms with E-state index in [2.05, 4.69) is 0 Å². The molecule has 0 saturated carbocycles. The molecule has 0 bridgehead atoms. The van der Waals surface area contributed by atoms with Gasteiger partial charge in [0.25, 0.3) is 0 Å². The number of rotatable bonds is 22. The van der Waals surface area contributed by atoms with Crippen molar-refractivity contribution in [1.82, 2.24) is 9.80 Å². The number of esters is 3. The van der Waals surface area contributed by atoms with Crippen LogP contribution in [0.3, 0.4) is 0 Å². The quantitative estimate of drug-likeness (QED) is 0.0922. The molecule has 0 aliphatic rings. The number of ether oxygens (including phenoxy) is 3. The van der Waals surface area contributed by atoms with Crippen LogP contribution in [0.4, 0.5) is 0 Å². The van der Waals surface area contributed by atoms with Crippen LogP contribution in [0, 0.1) is 11.8 Å². The third kappa shape index (κ3) is 23.9. The van der Waals surface area contributed by atoms with Crippen LogP contribution < -0.4 is 0 Å². The summed E-state index contributed by atoms with van der Waals surface area (Å²) in [4.78, 5) is 52.9. The van der Waals surface area contributed by atoms with Gasteiger partial charge in [-0.05, 0) is 99.1 Å². The van der Waals surface area contributed by atoms with Crippen molar-refractivity contribution in [2.45, 2.75) is 138 Å². The first-order valence-corrected chi connectivity index (χ1v) is 16.1. The first-order valence-electron chi connectivity index (χ1n) is 16.1. The number of hydrogen-bond acceptors (Lipinski definition) is 9. The van der Waals surface area contributed by atoms with Crippen LogP contribution >= 0.6 is 0 Å². The zero-order valence-electron chi connectivity index (χ0n) is 28.8. The molecule has 0 fully saturated rings. The van der Waals surface area contributed by atoms with Crippen LogP contribution in [0.1, 0.15) is 121 Å². The highest BCUT2D eigenvalue weighted by Gasteiger charge is 2.23. The van der Waals surface area contributed by atoms with Gasteiger partial charge in [-0.3, -0.25) is 29.0 Å². The van der Waals surface area contributed by atoms with Gasteiger partial charge in [0.2, 0.25) is 0 Å². The number of carboxylic acids is 1. The normalized spacial score (nSPS) is 13.7. The van der Waals surface area contributed by atoms with Crippen molar-refractivity contribution in [2.75, 3.05) is 39.3 Å². The average Bonchev–Trinajstić information content (AvgIpc) is 2.82. The Morgan fingerprint density at radius 1 is 0.698 bits per heavy atom. The van der Waals surface area contributed by atoms with E-state index < -0.39 is 17.2 Å². The Kier molecular flexibility index (Phi) is 19.6. The van der Waals surface area contributed by atoms with Gasteiger partial charge in [0.1, 0.15) is 17.3 Å². The summed E-state index contributed by atoms with van der Waals surface area (Å²) in [7, 11) is 0. The highest BCUT2D eigenvalue weighted by atomic mass is 16.6. The topological polar surface area (TPSA) is 123 Å². The van der Waals surface area contributed by atoms with E-state index in [0.717, 1.165) is 25.7 Å². The average molecular weight is 615 g/mol. The van der Waals surface area contributed by atoms with E-state index in [1.807, 2.05) is 79.0 Å². The molecule has 2 atom stereocenters. The maximum atomic E-state index is 12.7. The Morgan fingerprint density at radius 3 is 1.65 bits per heavy atom. The fourth-order valence-corrected chi connectivity index (χ4v) is 4.49. The van der Waals surface area contributed by atoms with Crippen molar-refractivity contribution in [2.24, 2.45) is 11.8 Å². The van der Waals surface area contributed by atoms with Crippen LogP contribution in [0.25, 0.3) is 0 Å². The summed E-state index contributed by atoms with van der Waals surface area (Å²) >= 11 is 0. The molecule has 0 aromatic heterocycles. The summed E-state index contributed by atoms with van der Waals surface area (Å²) in [6, 6.07) is 0. The number of unbranched alkanes of at least 4 members (excludes halogenated alkanes) is 2. The second-order valence-corrected chi connectivity index (χ2v) is 14.0. The summed E-state index contributed by atoms with van der Waals surface area (Å²) in [6.07, 6.45) is 4.85. The predicted molar refractivity (Wildman–Crippen MR) is 169 cm³/mol. The molecule has 43 heavy (non-hydrogen) atoms. The zero-order valence-corrected chi connectivity index (χ0v) is 28.8. The lowest BCUT2D eigenvalue weighted by Gasteiger charge is -2.29. The van der Waals surface area contributed by atoms with Gasteiger partial charge in [-0.1, -0.05) is 33.6 Å². The van der Waals surface area contributed by atoms with E-state index in [9.17, 15) is 24.3 Å². The molecule has 0 rings (SSSR count). The molecule has 1 N–H and O–H groups in total. The Morgan fingerprint density at radius 2 is 1.21 bits per heavy atom. The van der Waals surface area contributed by atoms with E-state index in [1.54, 1.807) is 0 Å². The highest BCUT2D eigenvalue weighted by Crippen LogP contribution is 2.20. The van der Waals surface area contributed by atoms with Crippen LogP contribution in [-0.4, -0.2) is 95.4 Å². The summed E-state index contributed by atoms with van der Waals surface area (Å²) in [5, 5.41) is 9.53. The van der Waals surface area contributed by atoms with Gasteiger partial charge < -0.3 is 19.3 Å². The van der Waals surface area contributed by atoms with Crippen LogP contribution in [0.5, 0.6) is 0 Å². The molecule has 0 radical (unpaired) electrons. The van der Waals surface area contributed by atoms with Crippen LogP contribution in [0.15, 0.2) is 0 Å². The summed E-state index contributed by atoms with van der Waals surface area (Å²) in [5.41, 5.74) is -1.18. The van der Waals surface area contributed by atoms with Gasteiger partial charge >= 0.3 is 23.9 Å². The smallest absolute Gasteiger partial charge is 0.320 e. The first-order chi connectivity index (χ1) is 19.8. The Labute approximate surface area is 261 Å². The third-order valence-electron chi connectivity index (χ3n) is 6.88. The van der Waals surface area contributed by atoms with Crippen molar-refractivity contribution in [1.29, 1.82) is 0 Å². The maximum absolute atomic E-state index is 12.7. The summed E-state index contributed by atoms with van der Waals surface area (Å²) in [6.45, 7) is 21.6. The Balaban J connectivity index is 5.19. The highest BCUT2D eigenvalue weighted by molar-refractivity contribution is 5.72. The molecule has 0 aliphatic carbocycles. The molecule has 0 aromatic rings. The fourth-order valence-electron chi connectivity index (χ4n) is 4.49. The van der Waals surface area contributed by atoms with E-state index >= 15 is 0 Å². The van der Waals surface area contributed by atoms with E-state index in [1.165, 1.54) is 0 Å². The molecule has 0 aliphatic heterocycles. The zero-order chi connectivity index (χ0) is 33.2. The minimum absolute atomic E-state index is 0.0504. The number of carboxylic acid groups (broad SMARTS) is 1. The van der Waals surface area contributed by atoms with E-state index in [4.69, 9.17) is 14.2 Å². The summed E-state index contributed by atoms with van der Waals surface area (Å²) < 4.78 is 16.5. The summed E-state index contributed by atoms with van der Waals surface area (Å²) in [5.74, 6) is -1.44. The Bertz CT molecular complexity index is 832. The molecule has 10 nitrogen and oxygen atoms in total. The number of hydrogen-bond donors (Lipinski definition) is 1. The number of carbonyl (C=O) groups is 4. The SMILES string of the molecule is CCCN(CCN(CCC(CCCCCC(=O)OC(C)C(C)C)CC(=O)O)CC(=O)OC(C)(C)C)CC(=O)OC(C)(C)C. The minimum Gasteiger partial charge on any atom is -0.481 e. The van der Waals surface area contributed by atoms with Crippen LogP contribution in [-0.2, 0) is 33.4 Å². The van der Waals surface area contributed by atoms with Gasteiger partial charge in [0, 0.05) is 25.9 Å². The lowest BCUT2D eigenvalue weighted by molar-refractivity contribution is -0.158. The van der Waals surface area contributed by atoms with Crippen molar-refractivity contribution < 1.29 is 38.5 Å². The van der Waals surface area contributed by atoms with Gasteiger partial charge in [0.15, 0.2) is 0 Å². The molecule has 0 amide bonds. The van der Waals surface area contributed by atoms with Gasteiger partial charge in [0.05, 0.1) is 13.1 Å². The maximum Gasteiger partial charge on any atom is 0.320 e. The molecule has 2 unspecified atom stereocenters. The lowest BCUT2D eigenvalue weighted by Crippen LogP contribution is -2.43. The van der Waals surface area contributed by atoms with Crippen molar-refractivity contribution >= 4 is 23.9 Å². The largest absolute Gasteiger partial charge is 0.481 e. The second-order valence-electron chi connectivity index (χ2n) is 14.0. The van der Waals surface area contributed by atoms with E-state index in [0.29, 0.717) is 45.4 Å². The van der Waals surface area contributed by atoms with Crippen molar-refractivity contribution in [3.8, 4) is 0 Å². The number of aliphatic carboxylic acids is 1. The van der Waals surface area contributed by atoms with Gasteiger partial charge in [-0.25, -0.2) is 0 Å². The molecule has 0 saturated heterocycles. The molecule has 252 valence electrons. The van der Waals surface area contributed by atoms with Gasteiger partial charge in [-0.15, -0.1) is 0 Å². The van der Waals surface area contributed by atoms with Crippen LogP contribution in [0.2, 0.25) is 0 Å². The van der Waals surface area contributed by atoms with Crippen molar-refractivity contribution in [3.63, 3.8) is 0 Å². The molecule has 0 heterocycles. The number of nitrogens with zero attached hydrogens (tertiary/aromatic N) is 2.